The van der Waals surface area contributed by atoms with Crippen LogP contribution in [0.5, 0.6) is 0 Å². The van der Waals surface area contributed by atoms with Gasteiger partial charge in [-0.1, -0.05) is 12.8 Å². The van der Waals surface area contributed by atoms with Crippen molar-refractivity contribution in [3.8, 4) is 0 Å². The van der Waals surface area contributed by atoms with Crippen molar-refractivity contribution in [3.63, 3.8) is 0 Å². The minimum atomic E-state index is -2.53. The average molecular weight is 201 g/mol. The molecule has 0 amide bonds. The summed E-state index contributed by atoms with van der Waals surface area (Å²) in [4.78, 5) is 3.28. The second kappa shape index (κ2) is 4.72. The number of nitrogens with zero attached hydrogens (tertiary/aromatic N) is 1. The summed E-state index contributed by atoms with van der Waals surface area (Å²) in [6, 6.07) is 0. The lowest BCUT2D eigenvalue weighted by atomic mass is 9.77. The predicted molar refractivity (Wildman–Crippen MR) is 52.2 cm³/mol. The van der Waals surface area contributed by atoms with Crippen molar-refractivity contribution in [2.45, 2.75) is 45.0 Å². The van der Waals surface area contributed by atoms with Gasteiger partial charge in [0.15, 0.2) is 0 Å². The van der Waals surface area contributed by atoms with E-state index in [1.165, 1.54) is 0 Å². The van der Waals surface area contributed by atoms with Crippen molar-refractivity contribution < 1.29 is 8.78 Å². The normalized spacial score (nSPS) is 28.4. The lowest BCUT2D eigenvalue weighted by Crippen LogP contribution is -2.30. The van der Waals surface area contributed by atoms with Crippen molar-refractivity contribution in [2.75, 3.05) is 6.54 Å². The molecule has 1 aliphatic carbocycles. The maximum atomic E-state index is 13.0. The molecule has 0 spiro atoms. The molecule has 2 atom stereocenters. The third kappa shape index (κ3) is 3.25. The van der Waals surface area contributed by atoms with Gasteiger partial charge in [-0.25, -0.2) is 15.4 Å². The molecule has 0 N–H and O–H groups in total. The Hall–Kier alpha value is -0.650. The fraction of sp³-hybridized carbons (Fsp3) is 0.909. The second-order valence-corrected chi connectivity index (χ2v) is 4.36. The molecule has 1 rings (SSSR count). The lowest BCUT2D eigenvalue weighted by molar-refractivity contribution is -0.0611. The monoisotopic (exact) mass is 201 g/mol. The van der Waals surface area contributed by atoms with E-state index in [2.05, 4.69) is 4.85 Å². The van der Waals surface area contributed by atoms with Crippen molar-refractivity contribution in [1.82, 2.24) is 0 Å². The van der Waals surface area contributed by atoms with Gasteiger partial charge >= 0.3 is 0 Å². The molecule has 0 saturated heterocycles. The molecule has 1 saturated carbocycles. The molecule has 3 heteroatoms. The van der Waals surface area contributed by atoms with Crippen LogP contribution < -0.4 is 0 Å². The van der Waals surface area contributed by atoms with Crippen LogP contribution in [0.4, 0.5) is 8.78 Å². The summed E-state index contributed by atoms with van der Waals surface area (Å²) in [6.45, 7) is 8.19. The average Bonchev–Trinajstić information content (AvgIpc) is 2.14. The third-order valence-electron chi connectivity index (χ3n) is 3.15. The van der Waals surface area contributed by atoms with E-state index in [0.29, 0.717) is 25.3 Å². The Balaban J connectivity index is 2.40. The Labute approximate surface area is 84.3 Å². The number of hydrogen-bond acceptors (Lipinski definition) is 0. The zero-order valence-corrected chi connectivity index (χ0v) is 8.60. The highest BCUT2D eigenvalue weighted by atomic mass is 19.3. The van der Waals surface area contributed by atoms with Gasteiger partial charge in [0.25, 0.3) is 0 Å². The molecule has 0 bridgehead atoms. The van der Waals surface area contributed by atoms with Crippen molar-refractivity contribution in [3.05, 3.63) is 11.4 Å². The topological polar surface area (TPSA) is 4.36 Å². The summed E-state index contributed by atoms with van der Waals surface area (Å²) < 4.78 is 26.1. The van der Waals surface area contributed by atoms with E-state index in [0.717, 1.165) is 26.2 Å². The van der Waals surface area contributed by atoms with Gasteiger partial charge in [-0.2, -0.15) is 0 Å². The largest absolute Gasteiger partial charge is 0.317 e. The van der Waals surface area contributed by atoms with Crippen LogP contribution in [0.15, 0.2) is 0 Å². The third-order valence-corrected chi connectivity index (χ3v) is 3.15. The fourth-order valence-corrected chi connectivity index (χ4v) is 2.26. The first-order valence-electron chi connectivity index (χ1n) is 5.25. The SMILES string of the molecule is [C-]#[N+]CCC1CCCC(C(C)(F)F)C1. The van der Waals surface area contributed by atoms with Crippen molar-refractivity contribution in [1.29, 1.82) is 0 Å². The van der Waals surface area contributed by atoms with Gasteiger partial charge in [0.2, 0.25) is 12.5 Å². The predicted octanol–water partition coefficient (Wildman–Crippen LogP) is 3.76. The highest BCUT2D eigenvalue weighted by Crippen LogP contribution is 2.39. The van der Waals surface area contributed by atoms with E-state index in [1.54, 1.807) is 0 Å². The van der Waals surface area contributed by atoms with Gasteiger partial charge in [-0.05, 0) is 25.7 Å². The minimum Gasteiger partial charge on any atom is -0.317 e. The van der Waals surface area contributed by atoms with E-state index >= 15 is 0 Å². The summed E-state index contributed by atoms with van der Waals surface area (Å²) in [5, 5.41) is 0. The van der Waals surface area contributed by atoms with Crippen LogP contribution in [0.25, 0.3) is 4.85 Å². The minimum absolute atomic E-state index is 0.355. The maximum Gasteiger partial charge on any atom is 0.248 e. The molecule has 0 heterocycles. The first-order valence-corrected chi connectivity index (χ1v) is 5.25. The van der Waals surface area contributed by atoms with E-state index in [1.807, 2.05) is 0 Å². The smallest absolute Gasteiger partial charge is 0.248 e. The van der Waals surface area contributed by atoms with Crippen LogP contribution in [0, 0.1) is 18.4 Å². The quantitative estimate of drug-likeness (QED) is 0.612. The summed E-state index contributed by atoms with van der Waals surface area (Å²) in [5.41, 5.74) is 0. The molecule has 1 nitrogen and oxygen atoms in total. The molecular formula is C11H17F2N. The van der Waals surface area contributed by atoms with E-state index in [4.69, 9.17) is 6.57 Å². The molecule has 1 aliphatic rings. The molecule has 14 heavy (non-hydrogen) atoms. The number of rotatable bonds is 3. The van der Waals surface area contributed by atoms with Crippen LogP contribution in [0.1, 0.15) is 39.0 Å². The molecule has 0 aromatic carbocycles. The molecule has 0 aromatic heterocycles. The fourth-order valence-electron chi connectivity index (χ4n) is 2.26. The summed E-state index contributed by atoms with van der Waals surface area (Å²) in [6.07, 6.45) is 3.99. The zero-order valence-electron chi connectivity index (χ0n) is 8.60. The highest BCUT2D eigenvalue weighted by Gasteiger charge is 2.37. The van der Waals surface area contributed by atoms with Gasteiger partial charge in [0, 0.05) is 12.3 Å². The van der Waals surface area contributed by atoms with Gasteiger partial charge in [-0.15, -0.1) is 0 Å². The van der Waals surface area contributed by atoms with Gasteiger partial charge in [0.05, 0.1) is 0 Å². The molecular weight excluding hydrogens is 184 g/mol. The number of alkyl halides is 2. The summed E-state index contributed by atoms with van der Waals surface area (Å²) >= 11 is 0. The van der Waals surface area contributed by atoms with E-state index in [-0.39, 0.29) is 0 Å². The Morgan fingerprint density at radius 2 is 2.14 bits per heavy atom. The van der Waals surface area contributed by atoms with Crippen LogP contribution in [0.3, 0.4) is 0 Å². The first kappa shape index (κ1) is 11.4. The molecule has 1 fully saturated rings. The summed E-state index contributed by atoms with van der Waals surface area (Å²) in [7, 11) is 0. The highest BCUT2D eigenvalue weighted by molar-refractivity contribution is 4.81. The van der Waals surface area contributed by atoms with Gasteiger partial charge < -0.3 is 4.85 Å². The Morgan fingerprint density at radius 1 is 1.43 bits per heavy atom. The molecule has 80 valence electrons. The van der Waals surface area contributed by atoms with Crippen LogP contribution in [-0.2, 0) is 0 Å². The Bertz CT molecular complexity index is 214. The Morgan fingerprint density at radius 3 is 2.71 bits per heavy atom. The van der Waals surface area contributed by atoms with Crippen LogP contribution in [0.2, 0.25) is 0 Å². The van der Waals surface area contributed by atoms with E-state index < -0.39 is 11.8 Å². The molecule has 0 aromatic rings. The van der Waals surface area contributed by atoms with Crippen molar-refractivity contribution in [2.24, 2.45) is 11.8 Å². The second-order valence-electron chi connectivity index (χ2n) is 4.36. The first-order chi connectivity index (χ1) is 6.54. The molecule has 0 radical (unpaired) electrons. The zero-order chi connectivity index (χ0) is 10.6. The summed E-state index contributed by atoms with van der Waals surface area (Å²) in [5.74, 6) is -2.63. The molecule has 0 aliphatic heterocycles. The van der Waals surface area contributed by atoms with E-state index in [9.17, 15) is 8.78 Å². The molecule has 2 unspecified atom stereocenters. The van der Waals surface area contributed by atoms with Crippen molar-refractivity contribution >= 4 is 0 Å². The number of halogens is 2. The lowest BCUT2D eigenvalue weighted by Gasteiger charge is -2.31. The van der Waals surface area contributed by atoms with Crippen LogP contribution >= 0.6 is 0 Å². The number of hydrogen-bond donors (Lipinski definition) is 0. The Kier molecular flexibility index (Phi) is 3.86. The standard InChI is InChI=1S/C11H17F2N/c1-11(12,13)10-5-3-4-9(8-10)6-7-14-2/h9-10H,3-8H2,1H3. The maximum absolute atomic E-state index is 13.0. The van der Waals surface area contributed by atoms with Gasteiger partial charge in [0.1, 0.15) is 0 Å². The van der Waals surface area contributed by atoms with Gasteiger partial charge in [-0.3, -0.25) is 0 Å². The van der Waals surface area contributed by atoms with Crippen LogP contribution in [-0.4, -0.2) is 12.5 Å².